The lowest BCUT2D eigenvalue weighted by Crippen LogP contribution is -2.36. The van der Waals surface area contributed by atoms with Gasteiger partial charge in [-0.1, -0.05) is 29.0 Å². The topological polar surface area (TPSA) is 62.7 Å². The molecule has 0 aliphatic carbocycles. The third kappa shape index (κ3) is 3.63. The van der Waals surface area contributed by atoms with E-state index in [1.165, 1.54) is 12.1 Å². The Morgan fingerprint density at radius 1 is 1.43 bits per heavy atom. The van der Waals surface area contributed by atoms with Crippen molar-refractivity contribution in [2.45, 2.75) is 6.42 Å². The van der Waals surface area contributed by atoms with Gasteiger partial charge >= 0.3 is 5.97 Å². The van der Waals surface area contributed by atoms with Gasteiger partial charge in [0.1, 0.15) is 10.7 Å². The summed E-state index contributed by atoms with van der Waals surface area (Å²) < 4.78 is 18.8. The maximum Gasteiger partial charge on any atom is 0.347 e. The molecule has 1 aliphatic heterocycles. The van der Waals surface area contributed by atoms with Gasteiger partial charge in [0.05, 0.1) is 23.9 Å². The van der Waals surface area contributed by atoms with E-state index in [-0.39, 0.29) is 16.3 Å². The molecular weight excluding hydrogens is 343 g/mol. The van der Waals surface area contributed by atoms with Gasteiger partial charge < -0.3 is 14.7 Å². The monoisotopic (exact) mass is 356 g/mol. The smallest absolute Gasteiger partial charge is 0.347 e. The van der Waals surface area contributed by atoms with Crippen molar-refractivity contribution in [2.24, 2.45) is 0 Å². The van der Waals surface area contributed by atoms with Gasteiger partial charge in [-0.15, -0.1) is 0 Å². The zero-order valence-electron chi connectivity index (χ0n) is 12.1. The summed E-state index contributed by atoms with van der Waals surface area (Å²) in [7, 11) is 0. The van der Waals surface area contributed by atoms with Crippen LogP contribution in [0.5, 0.6) is 0 Å². The predicted octanol–water partition coefficient (Wildman–Crippen LogP) is 3.06. The number of ether oxygens (including phenoxy) is 1. The zero-order valence-corrected chi connectivity index (χ0v) is 13.7. The zero-order chi connectivity index (χ0) is 16.4. The first-order valence-corrected chi connectivity index (χ1v) is 8.23. The average Bonchev–Trinajstić information content (AvgIpc) is 2.96. The fourth-order valence-corrected chi connectivity index (χ4v) is 3.45. The first kappa shape index (κ1) is 16.2. The van der Waals surface area contributed by atoms with E-state index in [9.17, 15) is 14.3 Å². The summed E-state index contributed by atoms with van der Waals surface area (Å²) in [5.74, 6) is -1.55. The Balaban J connectivity index is 1.88. The van der Waals surface area contributed by atoms with Crippen LogP contribution in [0, 0.1) is 5.82 Å². The molecule has 1 aromatic heterocycles. The molecule has 0 amide bonds. The summed E-state index contributed by atoms with van der Waals surface area (Å²) in [6.45, 7) is 2.56. The molecule has 122 valence electrons. The van der Waals surface area contributed by atoms with Crippen LogP contribution >= 0.6 is 22.9 Å². The van der Waals surface area contributed by atoms with Gasteiger partial charge in [0.25, 0.3) is 0 Å². The van der Waals surface area contributed by atoms with Crippen molar-refractivity contribution in [3.05, 3.63) is 45.2 Å². The van der Waals surface area contributed by atoms with Gasteiger partial charge in [-0.2, -0.15) is 0 Å². The van der Waals surface area contributed by atoms with E-state index in [1.807, 2.05) is 4.90 Å². The highest BCUT2D eigenvalue weighted by molar-refractivity contribution is 7.17. The van der Waals surface area contributed by atoms with E-state index in [4.69, 9.17) is 16.3 Å². The Labute approximate surface area is 141 Å². The van der Waals surface area contributed by atoms with Crippen LogP contribution in [0.15, 0.2) is 18.2 Å². The van der Waals surface area contributed by atoms with Crippen molar-refractivity contribution < 1.29 is 19.0 Å². The fraction of sp³-hybridized carbons (Fsp3) is 0.333. The quantitative estimate of drug-likeness (QED) is 0.912. The summed E-state index contributed by atoms with van der Waals surface area (Å²) in [5.41, 5.74) is 1.07. The van der Waals surface area contributed by atoms with Crippen LogP contribution < -0.4 is 4.90 Å². The van der Waals surface area contributed by atoms with Crippen molar-refractivity contribution in [1.82, 2.24) is 4.98 Å². The van der Waals surface area contributed by atoms with Crippen LogP contribution in [0.3, 0.4) is 0 Å². The number of anilines is 1. The van der Waals surface area contributed by atoms with Crippen LogP contribution in [0.1, 0.15) is 20.9 Å². The summed E-state index contributed by atoms with van der Waals surface area (Å²) in [6, 6.07) is 4.44. The molecule has 1 saturated heterocycles. The maximum atomic E-state index is 13.5. The van der Waals surface area contributed by atoms with E-state index in [2.05, 4.69) is 4.98 Å². The van der Waals surface area contributed by atoms with Crippen molar-refractivity contribution in [1.29, 1.82) is 0 Å². The third-order valence-corrected chi connectivity index (χ3v) is 4.97. The van der Waals surface area contributed by atoms with E-state index in [1.54, 1.807) is 6.07 Å². The van der Waals surface area contributed by atoms with Gasteiger partial charge in [-0.3, -0.25) is 0 Å². The number of carboxylic acid groups (broad SMARTS) is 1. The molecular formula is C15H14ClFN2O3S. The number of hydrogen-bond acceptors (Lipinski definition) is 5. The fourth-order valence-electron chi connectivity index (χ4n) is 2.36. The molecule has 0 atom stereocenters. The Morgan fingerprint density at radius 3 is 2.83 bits per heavy atom. The summed E-state index contributed by atoms with van der Waals surface area (Å²) in [5, 5.41) is 10.1. The summed E-state index contributed by atoms with van der Waals surface area (Å²) >= 11 is 6.81. The SMILES string of the molecule is O=C(O)c1sc(N2CCOCC2)nc1Cc1ccc(Cl)c(F)c1. The number of thiazole rings is 1. The molecule has 0 spiro atoms. The molecule has 2 heterocycles. The van der Waals surface area contributed by atoms with Gasteiger partial charge in [0.15, 0.2) is 5.13 Å². The molecule has 0 unspecified atom stereocenters. The minimum absolute atomic E-state index is 0.0412. The molecule has 8 heteroatoms. The van der Waals surface area contributed by atoms with Crippen LogP contribution in [0.4, 0.5) is 9.52 Å². The van der Waals surface area contributed by atoms with Gasteiger partial charge in [0.2, 0.25) is 0 Å². The maximum absolute atomic E-state index is 13.5. The number of carbonyl (C=O) groups is 1. The number of halogens is 2. The molecule has 0 saturated carbocycles. The highest BCUT2D eigenvalue weighted by atomic mass is 35.5. The van der Waals surface area contributed by atoms with Crippen LogP contribution in [0.2, 0.25) is 5.02 Å². The molecule has 1 N–H and O–H groups in total. The highest BCUT2D eigenvalue weighted by Gasteiger charge is 2.22. The largest absolute Gasteiger partial charge is 0.477 e. The van der Waals surface area contributed by atoms with Gasteiger partial charge in [-0.05, 0) is 17.7 Å². The van der Waals surface area contributed by atoms with Gasteiger partial charge in [-0.25, -0.2) is 14.2 Å². The average molecular weight is 357 g/mol. The van der Waals surface area contributed by atoms with E-state index in [0.717, 1.165) is 11.3 Å². The highest BCUT2D eigenvalue weighted by Crippen LogP contribution is 2.29. The van der Waals surface area contributed by atoms with Gasteiger partial charge in [0, 0.05) is 19.5 Å². The number of hydrogen-bond donors (Lipinski definition) is 1. The summed E-state index contributed by atoms with van der Waals surface area (Å²) in [6.07, 6.45) is 0.247. The Kier molecular flexibility index (Phi) is 4.79. The Bertz CT molecular complexity index is 732. The lowest BCUT2D eigenvalue weighted by Gasteiger charge is -2.26. The van der Waals surface area contributed by atoms with Crippen LogP contribution in [-0.2, 0) is 11.2 Å². The molecule has 5 nitrogen and oxygen atoms in total. The molecule has 1 fully saturated rings. The van der Waals surface area contributed by atoms with Crippen LogP contribution in [0.25, 0.3) is 0 Å². The molecule has 0 radical (unpaired) electrons. The molecule has 1 aliphatic rings. The second kappa shape index (κ2) is 6.82. The first-order chi connectivity index (χ1) is 11.0. The lowest BCUT2D eigenvalue weighted by atomic mass is 10.1. The summed E-state index contributed by atoms with van der Waals surface area (Å²) in [4.78, 5) is 18.1. The molecule has 1 aromatic carbocycles. The normalized spacial score (nSPS) is 15.0. The molecule has 0 bridgehead atoms. The number of nitrogens with zero attached hydrogens (tertiary/aromatic N) is 2. The first-order valence-electron chi connectivity index (χ1n) is 7.04. The van der Waals surface area contributed by atoms with Crippen molar-refractivity contribution in [2.75, 3.05) is 31.2 Å². The lowest BCUT2D eigenvalue weighted by molar-refractivity contribution is 0.0701. The molecule has 2 aromatic rings. The number of benzene rings is 1. The number of rotatable bonds is 4. The Morgan fingerprint density at radius 2 is 2.17 bits per heavy atom. The van der Waals surface area contributed by atoms with E-state index < -0.39 is 11.8 Å². The van der Waals surface area contributed by atoms with Crippen molar-refractivity contribution in [3.63, 3.8) is 0 Å². The molecule has 3 rings (SSSR count). The minimum atomic E-state index is -1.02. The number of morpholine rings is 1. The predicted molar refractivity (Wildman–Crippen MR) is 86.3 cm³/mol. The van der Waals surface area contributed by atoms with E-state index in [0.29, 0.717) is 42.7 Å². The molecule has 23 heavy (non-hydrogen) atoms. The second-order valence-electron chi connectivity index (χ2n) is 5.10. The second-order valence-corrected chi connectivity index (χ2v) is 6.49. The third-order valence-electron chi connectivity index (χ3n) is 3.52. The van der Waals surface area contributed by atoms with E-state index >= 15 is 0 Å². The van der Waals surface area contributed by atoms with Crippen molar-refractivity contribution >= 4 is 34.0 Å². The van der Waals surface area contributed by atoms with Crippen LogP contribution in [-0.4, -0.2) is 42.4 Å². The standard InChI is InChI=1S/C15H14ClFN2O3S/c16-10-2-1-9(7-11(10)17)8-12-13(14(20)21)23-15(18-12)19-3-5-22-6-4-19/h1-2,7H,3-6,8H2,(H,20,21). The number of carboxylic acids is 1. The van der Waals surface area contributed by atoms with Crippen molar-refractivity contribution in [3.8, 4) is 0 Å². The minimum Gasteiger partial charge on any atom is -0.477 e. The number of aromatic carboxylic acids is 1. The number of aromatic nitrogens is 1. The Hall–Kier alpha value is -1.70.